The topological polar surface area (TPSA) is 80.5 Å². The highest BCUT2D eigenvalue weighted by Gasteiger charge is 2.41. The van der Waals surface area contributed by atoms with Gasteiger partial charge in [-0.1, -0.05) is 19.8 Å². The second kappa shape index (κ2) is 6.65. The van der Waals surface area contributed by atoms with Gasteiger partial charge in [0.2, 0.25) is 5.91 Å². The number of carbonyl (C=O) groups excluding carboxylic acids is 1. The SMILES string of the molecule is CCCCN(C(=O)CC1(CN)CCC1)C1CCS(=O)(=O)C1. The Kier molecular flexibility index (Phi) is 5.30. The van der Waals surface area contributed by atoms with Crippen molar-refractivity contribution in [1.82, 2.24) is 4.90 Å². The molecule has 1 saturated heterocycles. The molecule has 1 saturated carbocycles. The van der Waals surface area contributed by atoms with Crippen LogP contribution in [-0.4, -0.2) is 49.9 Å². The van der Waals surface area contributed by atoms with Crippen LogP contribution in [0, 0.1) is 5.41 Å². The van der Waals surface area contributed by atoms with Crippen molar-refractivity contribution in [2.24, 2.45) is 11.1 Å². The van der Waals surface area contributed by atoms with Crippen molar-refractivity contribution in [3.63, 3.8) is 0 Å². The predicted molar refractivity (Wildman–Crippen MR) is 83.6 cm³/mol. The molecule has 2 aliphatic rings. The zero-order valence-corrected chi connectivity index (χ0v) is 13.8. The first-order valence-corrected chi connectivity index (χ1v) is 9.93. The molecule has 0 radical (unpaired) electrons. The molecule has 1 aliphatic carbocycles. The molecule has 21 heavy (non-hydrogen) atoms. The molecule has 6 heteroatoms. The molecule has 0 spiro atoms. The Bertz CT molecular complexity index is 466. The Morgan fingerprint density at radius 2 is 2.10 bits per heavy atom. The van der Waals surface area contributed by atoms with Gasteiger partial charge in [0.05, 0.1) is 11.5 Å². The van der Waals surface area contributed by atoms with E-state index < -0.39 is 9.84 Å². The molecule has 1 aliphatic heterocycles. The van der Waals surface area contributed by atoms with Gasteiger partial charge in [0, 0.05) is 19.0 Å². The second-order valence-corrected chi connectivity index (χ2v) is 8.96. The van der Waals surface area contributed by atoms with Crippen LogP contribution < -0.4 is 5.73 Å². The van der Waals surface area contributed by atoms with Gasteiger partial charge in [0.25, 0.3) is 0 Å². The average molecular weight is 316 g/mol. The Hall–Kier alpha value is -0.620. The lowest BCUT2D eigenvalue weighted by molar-refractivity contribution is -0.137. The maximum atomic E-state index is 12.7. The molecule has 1 heterocycles. The van der Waals surface area contributed by atoms with Crippen LogP contribution in [0.15, 0.2) is 0 Å². The van der Waals surface area contributed by atoms with Crippen molar-refractivity contribution < 1.29 is 13.2 Å². The van der Waals surface area contributed by atoms with Gasteiger partial charge in [-0.3, -0.25) is 4.79 Å². The van der Waals surface area contributed by atoms with Crippen molar-refractivity contribution >= 4 is 15.7 Å². The Morgan fingerprint density at radius 1 is 1.38 bits per heavy atom. The number of carbonyl (C=O) groups is 1. The molecule has 0 aromatic heterocycles. The highest BCUT2D eigenvalue weighted by atomic mass is 32.2. The first-order chi connectivity index (χ1) is 9.91. The van der Waals surface area contributed by atoms with Crippen molar-refractivity contribution in [2.45, 2.75) is 57.9 Å². The number of sulfone groups is 1. The van der Waals surface area contributed by atoms with E-state index in [0.717, 1.165) is 32.1 Å². The number of unbranched alkanes of at least 4 members (excludes halogenated alkanes) is 1. The summed E-state index contributed by atoms with van der Waals surface area (Å²) in [5.41, 5.74) is 5.83. The van der Waals surface area contributed by atoms with Crippen LogP contribution in [0.3, 0.4) is 0 Å². The zero-order chi connectivity index (χ0) is 15.5. The van der Waals surface area contributed by atoms with Crippen molar-refractivity contribution in [2.75, 3.05) is 24.6 Å². The number of hydrogen-bond donors (Lipinski definition) is 1. The summed E-state index contributed by atoms with van der Waals surface area (Å²) in [7, 11) is -2.96. The normalized spacial score (nSPS) is 26.3. The molecule has 2 rings (SSSR count). The quantitative estimate of drug-likeness (QED) is 0.768. The number of rotatable bonds is 7. The summed E-state index contributed by atoms with van der Waals surface area (Å²) < 4.78 is 23.4. The molecule has 1 unspecified atom stereocenters. The van der Waals surface area contributed by atoms with Gasteiger partial charge in [-0.25, -0.2) is 8.42 Å². The zero-order valence-electron chi connectivity index (χ0n) is 13.0. The third-order valence-corrected chi connectivity index (χ3v) is 6.85. The second-order valence-electron chi connectivity index (χ2n) is 6.73. The van der Waals surface area contributed by atoms with E-state index in [9.17, 15) is 13.2 Å². The Labute approximate surface area is 128 Å². The lowest BCUT2D eigenvalue weighted by atomic mass is 9.66. The van der Waals surface area contributed by atoms with Gasteiger partial charge in [-0.2, -0.15) is 0 Å². The number of hydrogen-bond acceptors (Lipinski definition) is 4. The minimum atomic E-state index is -2.96. The van der Waals surface area contributed by atoms with Crippen molar-refractivity contribution in [1.29, 1.82) is 0 Å². The summed E-state index contributed by atoms with van der Waals surface area (Å²) in [4.78, 5) is 14.5. The molecule has 2 N–H and O–H groups in total. The standard InChI is InChI=1S/C15H28N2O3S/c1-2-3-8-17(13-5-9-21(19,20)11-13)14(18)10-15(12-16)6-4-7-15/h13H,2-12,16H2,1H3. The van der Waals surface area contributed by atoms with Gasteiger partial charge < -0.3 is 10.6 Å². The molecule has 0 bridgehead atoms. The molecular weight excluding hydrogens is 288 g/mol. The first-order valence-electron chi connectivity index (χ1n) is 8.11. The summed E-state index contributed by atoms with van der Waals surface area (Å²) in [6.45, 7) is 3.32. The highest BCUT2D eigenvalue weighted by molar-refractivity contribution is 7.91. The van der Waals surface area contributed by atoms with Crippen LogP contribution in [0.4, 0.5) is 0 Å². The largest absolute Gasteiger partial charge is 0.339 e. The molecular formula is C15H28N2O3S. The fourth-order valence-electron chi connectivity index (χ4n) is 3.41. The van der Waals surface area contributed by atoms with Crippen molar-refractivity contribution in [3.8, 4) is 0 Å². The lowest BCUT2D eigenvalue weighted by Gasteiger charge is -2.42. The Balaban J connectivity index is 2.03. The molecule has 0 aromatic rings. The van der Waals surface area contributed by atoms with Gasteiger partial charge in [-0.15, -0.1) is 0 Å². The summed E-state index contributed by atoms with van der Waals surface area (Å²) in [5, 5.41) is 0. The Morgan fingerprint density at radius 3 is 2.52 bits per heavy atom. The molecule has 0 aromatic carbocycles. The summed E-state index contributed by atoms with van der Waals surface area (Å²) in [6.07, 6.45) is 6.22. The third-order valence-electron chi connectivity index (χ3n) is 5.10. The summed E-state index contributed by atoms with van der Waals surface area (Å²) >= 11 is 0. The van der Waals surface area contributed by atoms with Crippen LogP contribution in [0.2, 0.25) is 0 Å². The maximum absolute atomic E-state index is 12.7. The van der Waals surface area contributed by atoms with E-state index in [1.54, 1.807) is 0 Å². The molecule has 1 atom stereocenters. The van der Waals surface area contributed by atoms with Gasteiger partial charge >= 0.3 is 0 Å². The van der Waals surface area contributed by atoms with Crippen molar-refractivity contribution in [3.05, 3.63) is 0 Å². The maximum Gasteiger partial charge on any atom is 0.223 e. The van der Waals surface area contributed by atoms with Crippen LogP contribution in [0.25, 0.3) is 0 Å². The monoisotopic (exact) mass is 316 g/mol. The van der Waals surface area contributed by atoms with Crippen LogP contribution >= 0.6 is 0 Å². The van der Waals surface area contributed by atoms with Crippen LogP contribution in [0.1, 0.15) is 51.9 Å². The molecule has 122 valence electrons. The fraction of sp³-hybridized carbons (Fsp3) is 0.933. The van der Waals surface area contributed by atoms with E-state index in [0.29, 0.717) is 25.9 Å². The van der Waals surface area contributed by atoms with Gasteiger partial charge in [0.15, 0.2) is 9.84 Å². The number of nitrogens with two attached hydrogens (primary N) is 1. The summed E-state index contributed by atoms with van der Waals surface area (Å²) in [5.74, 6) is 0.462. The van der Waals surface area contributed by atoms with E-state index in [4.69, 9.17) is 5.73 Å². The van der Waals surface area contributed by atoms with E-state index in [1.807, 2.05) is 4.90 Å². The smallest absolute Gasteiger partial charge is 0.223 e. The minimum absolute atomic E-state index is 0.0149. The number of nitrogens with zero attached hydrogens (tertiary/aromatic N) is 1. The molecule has 2 fully saturated rings. The van der Waals surface area contributed by atoms with E-state index in [1.165, 1.54) is 0 Å². The van der Waals surface area contributed by atoms with Gasteiger partial charge in [-0.05, 0) is 37.6 Å². The molecule has 1 amide bonds. The third kappa shape index (κ3) is 3.97. The van der Waals surface area contributed by atoms with Crippen LogP contribution in [-0.2, 0) is 14.6 Å². The first kappa shape index (κ1) is 16.7. The summed E-state index contributed by atoms with van der Waals surface area (Å²) in [6, 6.07) is -0.121. The van der Waals surface area contributed by atoms with Crippen LogP contribution in [0.5, 0.6) is 0 Å². The average Bonchev–Trinajstić information content (AvgIpc) is 2.74. The minimum Gasteiger partial charge on any atom is -0.339 e. The van der Waals surface area contributed by atoms with E-state index >= 15 is 0 Å². The molecule has 5 nitrogen and oxygen atoms in total. The van der Waals surface area contributed by atoms with E-state index in [-0.39, 0.29) is 28.9 Å². The van der Waals surface area contributed by atoms with E-state index in [2.05, 4.69) is 6.92 Å². The van der Waals surface area contributed by atoms with Gasteiger partial charge in [0.1, 0.15) is 0 Å². The fourth-order valence-corrected chi connectivity index (χ4v) is 5.14. The number of amides is 1. The highest BCUT2D eigenvalue weighted by Crippen LogP contribution is 2.43. The predicted octanol–water partition coefficient (Wildman–Crippen LogP) is 1.32. The lowest BCUT2D eigenvalue weighted by Crippen LogP contribution is -2.47.